The molecule has 1 heterocycles. The van der Waals surface area contributed by atoms with Gasteiger partial charge in [-0.25, -0.2) is 0 Å². The second-order valence-electron chi connectivity index (χ2n) is 5.25. The molecule has 0 aromatic heterocycles. The molecule has 0 unspecified atom stereocenters. The molecule has 0 aliphatic carbocycles. The van der Waals surface area contributed by atoms with Crippen LogP contribution in [0.25, 0.3) is 0 Å². The molecule has 1 fully saturated rings. The topological polar surface area (TPSA) is 15.3 Å². The van der Waals surface area contributed by atoms with Crippen molar-refractivity contribution in [1.82, 2.24) is 10.2 Å². The van der Waals surface area contributed by atoms with Crippen molar-refractivity contribution >= 4 is 0 Å². The number of piperidine rings is 1. The average molecular weight is 198 g/mol. The number of likely N-dealkylation sites (tertiary alicyclic amines) is 1. The van der Waals surface area contributed by atoms with Crippen LogP contribution in [0.3, 0.4) is 0 Å². The molecular weight excluding hydrogens is 172 g/mol. The van der Waals surface area contributed by atoms with Gasteiger partial charge in [0.1, 0.15) is 0 Å². The lowest BCUT2D eigenvalue weighted by Gasteiger charge is -2.38. The number of nitrogens with one attached hydrogen (secondary N) is 1. The summed E-state index contributed by atoms with van der Waals surface area (Å²) in [6.07, 6.45) is 4.08. The SMILES string of the molecule is CCNCCCN1CCCC(C)(C)C1. The molecule has 0 spiro atoms. The molecule has 0 saturated carbocycles. The minimum atomic E-state index is 0.552. The van der Waals surface area contributed by atoms with E-state index >= 15 is 0 Å². The van der Waals surface area contributed by atoms with E-state index < -0.39 is 0 Å². The average Bonchev–Trinajstić information content (AvgIpc) is 2.11. The highest BCUT2D eigenvalue weighted by molar-refractivity contribution is 4.79. The lowest BCUT2D eigenvalue weighted by Crippen LogP contribution is -2.41. The van der Waals surface area contributed by atoms with Gasteiger partial charge in [0, 0.05) is 6.54 Å². The zero-order valence-corrected chi connectivity index (χ0v) is 10.1. The standard InChI is InChI=1S/C12H26N2/c1-4-13-8-6-10-14-9-5-7-12(2,3)11-14/h13H,4-11H2,1-3H3. The molecule has 0 amide bonds. The van der Waals surface area contributed by atoms with Gasteiger partial charge < -0.3 is 10.2 Å². The Bertz CT molecular complexity index is 154. The molecule has 1 aliphatic heterocycles. The van der Waals surface area contributed by atoms with Crippen molar-refractivity contribution in [3.05, 3.63) is 0 Å². The van der Waals surface area contributed by atoms with Gasteiger partial charge >= 0.3 is 0 Å². The van der Waals surface area contributed by atoms with Gasteiger partial charge in [-0.05, 0) is 50.9 Å². The fourth-order valence-electron chi connectivity index (χ4n) is 2.34. The van der Waals surface area contributed by atoms with E-state index in [1.807, 2.05) is 0 Å². The maximum Gasteiger partial charge on any atom is 0.00327 e. The second-order valence-corrected chi connectivity index (χ2v) is 5.25. The Balaban J connectivity index is 2.12. The van der Waals surface area contributed by atoms with Crippen LogP contribution in [-0.2, 0) is 0 Å². The molecular formula is C12H26N2. The van der Waals surface area contributed by atoms with E-state index in [9.17, 15) is 0 Å². The zero-order chi connectivity index (χ0) is 10.4. The van der Waals surface area contributed by atoms with Gasteiger partial charge in [0.15, 0.2) is 0 Å². The lowest BCUT2D eigenvalue weighted by atomic mass is 9.84. The summed E-state index contributed by atoms with van der Waals surface area (Å²) in [6.45, 7) is 13.1. The molecule has 0 aromatic rings. The summed E-state index contributed by atoms with van der Waals surface area (Å²) < 4.78 is 0. The Hall–Kier alpha value is -0.0800. The predicted molar refractivity (Wildman–Crippen MR) is 62.6 cm³/mol. The molecule has 2 heteroatoms. The van der Waals surface area contributed by atoms with Gasteiger partial charge in [-0.3, -0.25) is 0 Å². The van der Waals surface area contributed by atoms with Crippen molar-refractivity contribution in [1.29, 1.82) is 0 Å². The molecule has 1 saturated heterocycles. The Morgan fingerprint density at radius 1 is 1.36 bits per heavy atom. The minimum Gasteiger partial charge on any atom is -0.317 e. The van der Waals surface area contributed by atoms with Crippen molar-refractivity contribution in [2.45, 2.75) is 40.0 Å². The van der Waals surface area contributed by atoms with E-state index in [4.69, 9.17) is 0 Å². The van der Waals surface area contributed by atoms with Crippen LogP contribution < -0.4 is 5.32 Å². The largest absolute Gasteiger partial charge is 0.317 e. The third kappa shape index (κ3) is 4.43. The molecule has 0 aromatic carbocycles. The van der Waals surface area contributed by atoms with E-state index in [1.54, 1.807) is 0 Å². The molecule has 1 N–H and O–H groups in total. The Morgan fingerprint density at radius 2 is 2.14 bits per heavy atom. The molecule has 1 rings (SSSR count). The Kier molecular flexibility index (Phi) is 4.90. The first-order chi connectivity index (χ1) is 6.64. The van der Waals surface area contributed by atoms with E-state index in [0.717, 1.165) is 6.54 Å². The second kappa shape index (κ2) is 5.72. The monoisotopic (exact) mass is 198 g/mol. The van der Waals surface area contributed by atoms with Gasteiger partial charge in [-0.1, -0.05) is 20.8 Å². The molecule has 84 valence electrons. The molecule has 1 aliphatic rings. The highest BCUT2D eigenvalue weighted by Crippen LogP contribution is 2.28. The van der Waals surface area contributed by atoms with Crippen LogP contribution in [0.1, 0.15) is 40.0 Å². The molecule has 0 bridgehead atoms. The summed E-state index contributed by atoms with van der Waals surface area (Å²) in [5.74, 6) is 0. The van der Waals surface area contributed by atoms with Crippen molar-refractivity contribution in [2.75, 3.05) is 32.7 Å². The van der Waals surface area contributed by atoms with Crippen LogP contribution in [0.15, 0.2) is 0 Å². The van der Waals surface area contributed by atoms with E-state index in [-0.39, 0.29) is 0 Å². The number of hydrogen-bond donors (Lipinski definition) is 1. The van der Waals surface area contributed by atoms with Crippen molar-refractivity contribution in [2.24, 2.45) is 5.41 Å². The summed E-state index contributed by atoms with van der Waals surface area (Å²) in [4.78, 5) is 2.63. The van der Waals surface area contributed by atoms with Crippen LogP contribution >= 0.6 is 0 Å². The number of rotatable bonds is 5. The fourth-order valence-corrected chi connectivity index (χ4v) is 2.34. The van der Waals surface area contributed by atoms with Crippen molar-refractivity contribution in [3.8, 4) is 0 Å². The molecule has 0 atom stereocenters. The first-order valence-corrected chi connectivity index (χ1v) is 6.07. The van der Waals surface area contributed by atoms with Gasteiger partial charge in [0.2, 0.25) is 0 Å². The van der Waals surface area contributed by atoms with Crippen LogP contribution in [0.4, 0.5) is 0 Å². The van der Waals surface area contributed by atoms with Crippen LogP contribution in [0.2, 0.25) is 0 Å². The highest BCUT2D eigenvalue weighted by Gasteiger charge is 2.25. The van der Waals surface area contributed by atoms with Crippen molar-refractivity contribution in [3.63, 3.8) is 0 Å². The summed E-state index contributed by atoms with van der Waals surface area (Å²) in [6, 6.07) is 0. The smallest absolute Gasteiger partial charge is 0.00327 e. The Labute approximate surface area is 89.1 Å². The summed E-state index contributed by atoms with van der Waals surface area (Å²) >= 11 is 0. The van der Waals surface area contributed by atoms with Crippen LogP contribution in [0.5, 0.6) is 0 Å². The highest BCUT2D eigenvalue weighted by atomic mass is 15.1. The number of hydrogen-bond acceptors (Lipinski definition) is 2. The number of nitrogens with zero attached hydrogens (tertiary/aromatic N) is 1. The van der Waals surface area contributed by atoms with E-state index in [0.29, 0.717) is 5.41 Å². The summed E-state index contributed by atoms with van der Waals surface area (Å²) in [5.41, 5.74) is 0.552. The van der Waals surface area contributed by atoms with Gasteiger partial charge in [-0.2, -0.15) is 0 Å². The Morgan fingerprint density at radius 3 is 2.79 bits per heavy atom. The maximum atomic E-state index is 3.38. The van der Waals surface area contributed by atoms with Crippen LogP contribution in [0, 0.1) is 5.41 Å². The van der Waals surface area contributed by atoms with Crippen molar-refractivity contribution < 1.29 is 0 Å². The van der Waals surface area contributed by atoms with Gasteiger partial charge in [0.25, 0.3) is 0 Å². The first-order valence-electron chi connectivity index (χ1n) is 6.07. The minimum absolute atomic E-state index is 0.552. The normalized spacial score (nSPS) is 22.5. The quantitative estimate of drug-likeness (QED) is 0.681. The van der Waals surface area contributed by atoms with E-state index in [1.165, 1.54) is 45.4 Å². The molecule has 14 heavy (non-hydrogen) atoms. The fraction of sp³-hybridized carbons (Fsp3) is 1.00. The third-order valence-corrected chi connectivity index (χ3v) is 3.06. The predicted octanol–water partition coefficient (Wildman–Crippen LogP) is 2.11. The molecule has 2 nitrogen and oxygen atoms in total. The summed E-state index contributed by atoms with van der Waals surface area (Å²) in [5, 5.41) is 3.38. The molecule has 0 radical (unpaired) electrons. The van der Waals surface area contributed by atoms with E-state index in [2.05, 4.69) is 31.0 Å². The summed E-state index contributed by atoms with van der Waals surface area (Å²) in [7, 11) is 0. The zero-order valence-electron chi connectivity index (χ0n) is 10.1. The van der Waals surface area contributed by atoms with Gasteiger partial charge in [0.05, 0.1) is 0 Å². The van der Waals surface area contributed by atoms with Crippen LogP contribution in [-0.4, -0.2) is 37.6 Å². The van der Waals surface area contributed by atoms with Gasteiger partial charge in [-0.15, -0.1) is 0 Å². The maximum absolute atomic E-state index is 3.38. The third-order valence-electron chi connectivity index (χ3n) is 3.06. The lowest BCUT2D eigenvalue weighted by molar-refractivity contribution is 0.117. The first kappa shape index (κ1) is 12.0.